The van der Waals surface area contributed by atoms with Crippen LogP contribution in [-0.4, -0.2) is 6.61 Å². The first-order chi connectivity index (χ1) is 9.60. The molecule has 0 bridgehead atoms. The van der Waals surface area contributed by atoms with Crippen LogP contribution in [-0.2, 0) is 0 Å². The summed E-state index contributed by atoms with van der Waals surface area (Å²) in [6.45, 7) is 4.58. The summed E-state index contributed by atoms with van der Waals surface area (Å²) in [5.74, 6) is 0.377. The predicted molar refractivity (Wildman–Crippen MR) is 81.1 cm³/mol. The Labute approximate surface area is 118 Å². The highest BCUT2D eigenvalue weighted by Crippen LogP contribution is 2.28. The van der Waals surface area contributed by atoms with Crippen molar-refractivity contribution in [2.45, 2.75) is 20.3 Å². The largest absolute Gasteiger partial charge is 0.491 e. The van der Waals surface area contributed by atoms with E-state index in [1.165, 1.54) is 12.1 Å². The number of halogens is 1. The lowest BCUT2D eigenvalue weighted by Crippen LogP contribution is -2.00. The number of aryl methyl sites for hydroxylation is 1. The third-order valence-electron chi connectivity index (χ3n) is 2.95. The maximum Gasteiger partial charge on any atom is 0.144 e. The van der Waals surface area contributed by atoms with Crippen molar-refractivity contribution >= 4 is 17.1 Å². The zero-order valence-electron chi connectivity index (χ0n) is 11.7. The van der Waals surface area contributed by atoms with Crippen LogP contribution in [0.25, 0.3) is 0 Å². The second-order valence-electron chi connectivity index (χ2n) is 4.69. The lowest BCUT2D eigenvalue weighted by atomic mass is 10.2. The Bertz CT molecular complexity index is 599. The molecule has 0 spiro atoms. The summed E-state index contributed by atoms with van der Waals surface area (Å²) in [6, 6.07) is 10.1. The Balaban J connectivity index is 2.22. The van der Waals surface area contributed by atoms with Crippen molar-refractivity contribution in [3.8, 4) is 5.75 Å². The Morgan fingerprint density at radius 3 is 2.75 bits per heavy atom. The minimum absolute atomic E-state index is 0.268. The first-order valence-corrected chi connectivity index (χ1v) is 6.65. The molecule has 0 unspecified atom stereocenters. The summed E-state index contributed by atoms with van der Waals surface area (Å²) in [5, 5.41) is 3.18. The third-order valence-corrected chi connectivity index (χ3v) is 2.95. The molecule has 0 heterocycles. The molecule has 0 atom stereocenters. The van der Waals surface area contributed by atoms with E-state index in [-0.39, 0.29) is 5.82 Å². The summed E-state index contributed by atoms with van der Waals surface area (Å²) < 4.78 is 18.9. The zero-order chi connectivity index (χ0) is 14.5. The van der Waals surface area contributed by atoms with Crippen molar-refractivity contribution in [1.29, 1.82) is 0 Å². The molecule has 0 aliphatic heterocycles. The molecule has 0 fully saturated rings. The number of nitrogens with one attached hydrogen (secondary N) is 1. The molecule has 0 aliphatic rings. The van der Waals surface area contributed by atoms with E-state index in [9.17, 15) is 4.39 Å². The minimum Gasteiger partial charge on any atom is -0.491 e. The molecule has 3 N–H and O–H groups in total. The number of anilines is 3. The molecule has 0 aliphatic carbocycles. The number of benzene rings is 2. The van der Waals surface area contributed by atoms with Crippen molar-refractivity contribution in [3.63, 3.8) is 0 Å². The highest BCUT2D eigenvalue weighted by molar-refractivity contribution is 5.68. The minimum atomic E-state index is -0.268. The molecule has 20 heavy (non-hydrogen) atoms. The maximum atomic E-state index is 13.3. The molecule has 4 heteroatoms. The Kier molecular flexibility index (Phi) is 4.45. The molecule has 0 saturated heterocycles. The van der Waals surface area contributed by atoms with Crippen LogP contribution < -0.4 is 15.8 Å². The summed E-state index contributed by atoms with van der Waals surface area (Å²) in [5.41, 5.74) is 8.98. The van der Waals surface area contributed by atoms with E-state index in [0.717, 1.165) is 23.4 Å². The number of hydrogen-bond acceptors (Lipinski definition) is 3. The van der Waals surface area contributed by atoms with Crippen LogP contribution >= 0.6 is 0 Å². The number of ether oxygens (including phenoxy) is 1. The average molecular weight is 274 g/mol. The van der Waals surface area contributed by atoms with Crippen LogP contribution in [0.2, 0.25) is 0 Å². The van der Waals surface area contributed by atoms with Gasteiger partial charge in [-0.15, -0.1) is 0 Å². The second kappa shape index (κ2) is 6.28. The van der Waals surface area contributed by atoms with Crippen LogP contribution in [0.15, 0.2) is 36.4 Å². The van der Waals surface area contributed by atoms with Gasteiger partial charge in [0.15, 0.2) is 0 Å². The van der Waals surface area contributed by atoms with E-state index in [4.69, 9.17) is 10.5 Å². The molecule has 0 amide bonds. The van der Waals surface area contributed by atoms with Crippen molar-refractivity contribution in [2.24, 2.45) is 0 Å². The van der Waals surface area contributed by atoms with Gasteiger partial charge < -0.3 is 15.8 Å². The second-order valence-corrected chi connectivity index (χ2v) is 4.69. The quantitative estimate of drug-likeness (QED) is 0.801. The smallest absolute Gasteiger partial charge is 0.144 e. The highest BCUT2D eigenvalue weighted by Gasteiger charge is 2.05. The molecule has 2 aromatic carbocycles. The Morgan fingerprint density at radius 1 is 1.20 bits per heavy atom. The van der Waals surface area contributed by atoms with Gasteiger partial charge in [-0.3, -0.25) is 0 Å². The van der Waals surface area contributed by atoms with E-state index >= 15 is 0 Å². The van der Waals surface area contributed by atoms with E-state index in [1.54, 1.807) is 12.1 Å². The van der Waals surface area contributed by atoms with Gasteiger partial charge in [-0.1, -0.05) is 13.0 Å². The maximum absolute atomic E-state index is 13.3. The van der Waals surface area contributed by atoms with Crippen LogP contribution in [0, 0.1) is 12.7 Å². The van der Waals surface area contributed by atoms with Gasteiger partial charge in [-0.05, 0) is 43.2 Å². The number of hydrogen-bond donors (Lipinski definition) is 2. The molecule has 2 rings (SSSR count). The molecule has 0 saturated carbocycles. The van der Waals surface area contributed by atoms with Gasteiger partial charge in [-0.2, -0.15) is 0 Å². The zero-order valence-corrected chi connectivity index (χ0v) is 11.7. The monoisotopic (exact) mass is 274 g/mol. The number of nitrogens with two attached hydrogens (primary N) is 1. The Morgan fingerprint density at radius 2 is 2.00 bits per heavy atom. The summed E-state index contributed by atoms with van der Waals surface area (Å²) in [4.78, 5) is 0. The average Bonchev–Trinajstić information content (AvgIpc) is 2.43. The van der Waals surface area contributed by atoms with Gasteiger partial charge in [0.05, 0.1) is 12.3 Å². The Hall–Kier alpha value is -2.23. The van der Waals surface area contributed by atoms with E-state index in [2.05, 4.69) is 5.32 Å². The first-order valence-electron chi connectivity index (χ1n) is 6.65. The number of rotatable bonds is 5. The predicted octanol–water partition coefficient (Wildman–Crippen LogP) is 4.25. The molecular formula is C16H19FN2O. The number of nitrogen functional groups attached to an aromatic ring is 1. The molecule has 3 nitrogen and oxygen atoms in total. The van der Waals surface area contributed by atoms with Gasteiger partial charge in [0.25, 0.3) is 0 Å². The van der Waals surface area contributed by atoms with E-state index in [0.29, 0.717) is 18.0 Å². The normalized spacial score (nSPS) is 10.3. The van der Waals surface area contributed by atoms with Crippen molar-refractivity contribution in [3.05, 3.63) is 47.8 Å². The van der Waals surface area contributed by atoms with Crippen LogP contribution in [0.4, 0.5) is 21.5 Å². The van der Waals surface area contributed by atoms with Crippen molar-refractivity contribution < 1.29 is 9.13 Å². The third kappa shape index (κ3) is 3.41. The van der Waals surface area contributed by atoms with E-state index in [1.807, 2.05) is 26.0 Å². The molecule has 106 valence electrons. The van der Waals surface area contributed by atoms with Gasteiger partial charge in [0.1, 0.15) is 11.6 Å². The van der Waals surface area contributed by atoms with Crippen LogP contribution in [0.1, 0.15) is 18.9 Å². The van der Waals surface area contributed by atoms with Gasteiger partial charge >= 0.3 is 0 Å². The van der Waals surface area contributed by atoms with Crippen molar-refractivity contribution in [2.75, 3.05) is 17.7 Å². The topological polar surface area (TPSA) is 47.3 Å². The SMILES string of the molecule is CCCOc1cc(Nc2cc(F)ccc2C)ccc1N. The molecule has 0 aromatic heterocycles. The van der Waals surface area contributed by atoms with Crippen LogP contribution in [0.3, 0.4) is 0 Å². The first kappa shape index (κ1) is 14.2. The molecule has 0 radical (unpaired) electrons. The standard InChI is InChI=1S/C16H19FN2O/c1-3-8-20-16-10-13(6-7-14(16)18)19-15-9-12(17)5-4-11(15)2/h4-7,9-10,19H,3,8,18H2,1-2H3. The molecule has 2 aromatic rings. The van der Waals surface area contributed by atoms with Gasteiger partial charge in [-0.25, -0.2) is 4.39 Å². The summed E-state index contributed by atoms with van der Waals surface area (Å²) >= 11 is 0. The van der Waals surface area contributed by atoms with Gasteiger partial charge in [0.2, 0.25) is 0 Å². The van der Waals surface area contributed by atoms with Gasteiger partial charge in [0, 0.05) is 17.4 Å². The lowest BCUT2D eigenvalue weighted by Gasteiger charge is -2.13. The summed E-state index contributed by atoms with van der Waals surface area (Å²) in [7, 11) is 0. The fourth-order valence-corrected chi connectivity index (χ4v) is 1.83. The summed E-state index contributed by atoms with van der Waals surface area (Å²) in [6.07, 6.45) is 0.917. The fourth-order valence-electron chi connectivity index (χ4n) is 1.83. The van der Waals surface area contributed by atoms with Crippen LogP contribution in [0.5, 0.6) is 5.75 Å². The van der Waals surface area contributed by atoms with Crippen molar-refractivity contribution in [1.82, 2.24) is 0 Å². The lowest BCUT2D eigenvalue weighted by molar-refractivity contribution is 0.319. The molecular weight excluding hydrogens is 255 g/mol. The fraction of sp³-hybridized carbons (Fsp3) is 0.250. The highest BCUT2D eigenvalue weighted by atomic mass is 19.1. The van der Waals surface area contributed by atoms with E-state index < -0.39 is 0 Å².